The Morgan fingerprint density at radius 2 is 1.50 bits per heavy atom. The maximum absolute atomic E-state index is 15.5. The molecule has 0 saturated heterocycles. The highest BCUT2D eigenvalue weighted by molar-refractivity contribution is 5.89. The molecule has 0 atom stereocenters. The molecule has 1 aromatic heterocycles. The van der Waals surface area contributed by atoms with Gasteiger partial charge in [-0.3, -0.25) is 0 Å². The Balaban J connectivity index is 1.60. The molecule has 2 heteroatoms. The van der Waals surface area contributed by atoms with Crippen LogP contribution in [0.1, 0.15) is 44.5 Å². The first-order chi connectivity index (χ1) is 15.3. The third-order valence-electron chi connectivity index (χ3n) is 7.67. The molecule has 0 bridgehead atoms. The second kappa shape index (κ2) is 6.62. The number of fused-ring (bicyclic) bond motifs is 7. The molecule has 1 heterocycles. The molecule has 0 saturated carbocycles. The van der Waals surface area contributed by atoms with Gasteiger partial charge in [-0.25, -0.2) is 8.96 Å². The fourth-order valence-electron chi connectivity index (χ4n) is 5.97. The summed E-state index contributed by atoms with van der Waals surface area (Å²) >= 11 is 0. The average molecular weight is 421 g/mol. The lowest BCUT2D eigenvalue weighted by atomic mass is 9.93. The number of pyridine rings is 1. The Morgan fingerprint density at radius 3 is 2.31 bits per heavy atom. The number of halogens is 1. The zero-order valence-electron chi connectivity index (χ0n) is 19.4. The Bertz CT molecular complexity index is 1480. The minimum Gasteiger partial charge on any atom is -0.206 e. The van der Waals surface area contributed by atoms with Gasteiger partial charge < -0.3 is 0 Å². The van der Waals surface area contributed by atoms with E-state index in [0.717, 1.165) is 29.5 Å². The first kappa shape index (κ1) is 19.4. The maximum atomic E-state index is 15.5. The molecule has 0 spiro atoms. The van der Waals surface area contributed by atoms with E-state index in [1.807, 2.05) is 6.07 Å². The van der Waals surface area contributed by atoms with Crippen LogP contribution in [-0.4, -0.2) is 0 Å². The molecule has 0 unspecified atom stereocenters. The normalized spacial score (nSPS) is 13.1. The van der Waals surface area contributed by atoms with Crippen molar-refractivity contribution < 1.29 is 8.96 Å². The maximum Gasteiger partial charge on any atom is 0.216 e. The zero-order chi connectivity index (χ0) is 22.3. The van der Waals surface area contributed by atoms with Crippen LogP contribution in [-0.2, 0) is 19.9 Å². The smallest absolute Gasteiger partial charge is 0.206 e. The second-order valence-electron chi connectivity index (χ2n) is 9.61. The summed E-state index contributed by atoms with van der Waals surface area (Å²) in [6, 6.07) is 14.8. The lowest BCUT2D eigenvalue weighted by Crippen LogP contribution is -2.32. The van der Waals surface area contributed by atoms with Crippen molar-refractivity contribution in [3.8, 4) is 33.5 Å². The first-order valence-electron chi connectivity index (χ1n) is 11.4. The average Bonchev–Trinajstić information content (AvgIpc) is 3.31. The van der Waals surface area contributed by atoms with Gasteiger partial charge in [-0.2, -0.15) is 0 Å². The van der Waals surface area contributed by atoms with Gasteiger partial charge in [-0.05, 0) is 96.3 Å². The van der Waals surface area contributed by atoms with Crippen LogP contribution in [0.15, 0.2) is 48.7 Å². The van der Waals surface area contributed by atoms with Crippen LogP contribution in [0.2, 0.25) is 0 Å². The second-order valence-corrected chi connectivity index (χ2v) is 9.61. The Kier molecular flexibility index (Phi) is 4.02. The molecule has 0 N–H and O–H groups in total. The molecule has 6 rings (SSSR count). The Morgan fingerprint density at radius 1 is 0.719 bits per heavy atom. The van der Waals surface area contributed by atoms with Gasteiger partial charge in [0.2, 0.25) is 5.69 Å². The van der Waals surface area contributed by atoms with Crippen molar-refractivity contribution in [3.05, 3.63) is 99.0 Å². The topological polar surface area (TPSA) is 3.88 Å². The van der Waals surface area contributed by atoms with E-state index in [9.17, 15) is 0 Å². The van der Waals surface area contributed by atoms with Crippen LogP contribution in [0.5, 0.6) is 0 Å². The van der Waals surface area contributed by atoms with E-state index in [2.05, 4.69) is 75.8 Å². The quantitative estimate of drug-likeness (QED) is 0.261. The number of rotatable bonds is 1. The van der Waals surface area contributed by atoms with Crippen LogP contribution in [0.4, 0.5) is 4.39 Å². The SMILES string of the molecule is Cc1cc(C)c(C)c(-c2c3c(cc[n+]2C)-c2cc(F)c4c(c2C3)Cc2c(C)cccc2-4)c1. The molecule has 4 aromatic rings. The zero-order valence-corrected chi connectivity index (χ0v) is 19.4. The first-order valence-corrected chi connectivity index (χ1v) is 11.4. The van der Waals surface area contributed by atoms with E-state index in [1.165, 1.54) is 61.3 Å². The van der Waals surface area contributed by atoms with Gasteiger partial charge in [-0.15, -0.1) is 0 Å². The Labute approximate surface area is 189 Å². The Hall–Kier alpha value is -3.26. The molecular weight excluding hydrogens is 393 g/mol. The summed E-state index contributed by atoms with van der Waals surface area (Å²) in [5, 5.41) is 0. The summed E-state index contributed by atoms with van der Waals surface area (Å²) in [4.78, 5) is 0. The molecule has 0 amide bonds. The van der Waals surface area contributed by atoms with E-state index < -0.39 is 0 Å². The highest BCUT2D eigenvalue weighted by Gasteiger charge is 2.35. The van der Waals surface area contributed by atoms with Crippen LogP contribution < -0.4 is 4.57 Å². The highest BCUT2D eigenvalue weighted by Crippen LogP contribution is 2.49. The summed E-state index contributed by atoms with van der Waals surface area (Å²) < 4.78 is 17.8. The molecular formula is C30H27FN+. The van der Waals surface area contributed by atoms with Gasteiger partial charge in [0.1, 0.15) is 12.9 Å². The molecule has 2 aliphatic carbocycles. The van der Waals surface area contributed by atoms with Gasteiger partial charge >= 0.3 is 0 Å². The standard InChI is InChI=1S/C30H27FN/c1-16-11-18(3)19(4)23(12-16)30-27-14-24-25(20(27)9-10-32(30)5)15-28(31)29-21-8-6-7-17(2)22(21)13-26(24)29/h6-12,15H,13-14H2,1-5H3/q+1. The largest absolute Gasteiger partial charge is 0.216 e. The van der Waals surface area contributed by atoms with Gasteiger partial charge in [-0.1, -0.05) is 29.8 Å². The molecule has 2 aliphatic rings. The fourth-order valence-corrected chi connectivity index (χ4v) is 5.97. The summed E-state index contributed by atoms with van der Waals surface area (Å²) in [5.74, 6) is -0.0895. The highest BCUT2D eigenvalue weighted by atomic mass is 19.1. The van der Waals surface area contributed by atoms with Gasteiger partial charge in [0.15, 0.2) is 6.20 Å². The van der Waals surface area contributed by atoms with Crippen molar-refractivity contribution in [3.63, 3.8) is 0 Å². The van der Waals surface area contributed by atoms with Gasteiger partial charge in [0.05, 0.1) is 0 Å². The molecule has 158 valence electrons. The number of nitrogens with zero attached hydrogens (tertiary/aromatic N) is 1. The minimum absolute atomic E-state index is 0.0895. The summed E-state index contributed by atoms with van der Waals surface area (Å²) in [5.41, 5.74) is 16.9. The third-order valence-corrected chi connectivity index (χ3v) is 7.67. The number of hydrogen-bond acceptors (Lipinski definition) is 0. The van der Waals surface area contributed by atoms with Gasteiger partial charge in [0, 0.05) is 29.2 Å². The van der Waals surface area contributed by atoms with E-state index in [4.69, 9.17) is 0 Å². The van der Waals surface area contributed by atoms with Crippen molar-refractivity contribution >= 4 is 0 Å². The van der Waals surface area contributed by atoms with Gasteiger partial charge in [0.25, 0.3) is 0 Å². The van der Waals surface area contributed by atoms with Crippen molar-refractivity contribution in [1.82, 2.24) is 0 Å². The summed E-state index contributed by atoms with van der Waals surface area (Å²) in [6.07, 6.45) is 3.82. The van der Waals surface area contributed by atoms with Crippen molar-refractivity contribution in [2.75, 3.05) is 0 Å². The lowest BCUT2D eigenvalue weighted by Gasteiger charge is -2.12. The van der Waals surface area contributed by atoms with Crippen LogP contribution >= 0.6 is 0 Å². The number of aromatic nitrogens is 1. The number of hydrogen-bond donors (Lipinski definition) is 0. The van der Waals surface area contributed by atoms with Crippen LogP contribution in [0.3, 0.4) is 0 Å². The monoisotopic (exact) mass is 420 g/mol. The molecule has 0 fully saturated rings. The van der Waals surface area contributed by atoms with Crippen LogP contribution in [0, 0.1) is 33.5 Å². The fraction of sp³-hybridized carbons (Fsp3) is 0.233. The molecule has 32 heavy (non-hydrogen) atoms. The third kappa shape index (κ3) is 2.53. The van der Waals surface area contributed by atoms with E-state index >= 15 is 4.39 Å². The molecule has 0 aliphatic heterocycles. The number of aryl methyl sites for hydroxylation is 4. The lowest BCUT2D eigenvalue weighted by molar-refractivity contribution is -0.660. The van der Waals surface area contributed by atoms with Crippen molar-refractivity contribution in [1.29, 1.82) is 0 Å². The predicted molar refractivity (Wildman–Crippen MR) is 128 cm³/mol. The van der Waals surface area contributed by atoms with E-state index in [0.29, 0.717) is 0 Å². The number of benzene rings is 3. The van der Waals surface area contributed by atoms with Crippen LogP contribution in [0.25, 0.3) is 33.5 Å². The van der Waals surface area contributed by atoms with E-state index in [1.54, 1.807) is 6.07 Å². The minimum atomic E-state index is -0.0895. The van der Waals surface area contributed by atoms with Crippen molar-refractivity contribution in [2.45, 2.75) is 40.5 Å². The molecule has 0 radical (unpaired) electrons. The molecule has 1 nitrogen and oxygen atoms in total. The molecule has 3 aromatic carbocycles. The predicted octanol–water partition coefficient (Wildman–Crippen LogP) is 6.69. The van der Waals surface area contributed by atoms with Crippen molar-refractivity contribution in [2.24, 2.45) is 7.05 Å². The summed E-state index contributed by atoms with van der Waals surface area (Å²) in [6.45, 7) is 8.70. The van der Waals surface area contributed by atoms with E-state index in [-0.39, 0.29) is 5.82 Å². The summed E-state index contributed by atoms with van der Waals surface area (Å²) in [7, 11) is 2.12.